The largest absolute Gasteiger partial charge is 0.504 e. The first-order valence-electron chi connectivity index (χ1n) is 6.18. The van der Waals surface area contributed by atoms with Crippen molar-refractivity contribution in [1.82, 2.24) is 0 Å². The van der Waals surface area contributed by atoms with Crippen LogP contribution in [-0.4, -0.2) is 19.3 Å². The molecule has 0 saturated heterocycles. The molecule has 0 aliphatic heterocycles. The van der Waals surface area contributed by atoms with Crippen LogP contribution < -0.4 is 14.8 Å². The number of phenolic OH excluding ortho intramolecular Hbond substituents is 1. The average molecular weight is 417 g/mol. The molecule has 2 rings (SSSR count). The van der Waals surface area contributed by atoms with Crippen molar-refractivity contribution in [2.45, 2.75) is 6.54 Å². The number of aromatic hydroxyl groups is 1. The van der Waals surface area contributed by atoms with Gasteiger partial charge in [0, 0.05) is 22.6 Å². The number of hydrogen-bond acceptors (Lipinski definition) is 4. The van der Waals surface area contributed by atoms with E-state index in [1.807, 2.05) is 24.3 Å². The van der Waals surface area contributed by atoms with Crippen molar-refractivity contribution in [2.75, 3.05) is 19.5 Å². The molecule has 0 amide bonds. The molecular formula is C15H15Br2NO3. The van der Waals surface area contributed by atoms with Crippen LogP contribution in [0.15, 0.2) is 39.3 Å². The average Bonchev–Trinajstić information content (AvgIpc) is 2.47. The number of hydrogen-bond donors (Lipinski definition) is 2. The molecule has 0 atom stereocenters. The lowest BCUT2D eigenvalue weighted by Crippen LogP contribution is -2.01. The van der Waals surface area contributed by atoms with Crippen LogP contribution in [-0.2, 0) is 6.54 Å². The Morgan fingerprint density at radius 3 is 2.43 bits per heavy atom. The number of ether oxygens (including phenoxy) is 2. The van der Waals surface area contributed by atoms with Gasteiger partial charge in [0.25, 0.3) is 0 Å². The van der Waals surface area contributed by atoms with Gasteiger partial charge in [-0.2, -0.15) is 0 Å². The molecule has 21 heavy (non-hydrogen) atoms. The highest BCUT2D eigenvalue weighted by Gasteiger charge is 2.10. The van der Waals surface area contributed by atoms with E-state index in [1.165, 1.54) is 7.11 Å². The van der Waals surface area contributed by atoms with E-state index in [9.17, 15) is 5.11 Å². The highest BCUT2D eigenvalue weighted by Crippen LogP contribution is 2.35. The minimum absolute atomic E-state index is 0.146. The highest BCUT2D eigenvalue weighted by atomic mass is 79.9. The zero-order valence-corrected chi connectivity index (χ0v) is 14.8. The van der Waals surface area contributed by atoms with E-state index < -0.39 is 0 Å². The van der Waals surface area contributed by atoms with Gasteiger partial charge in [0.05, 0.1) is 24.4 Å². The Hall–Kier alpha value is -1.40. The number of phenols is 1. The quantitative estimate of drug-likeness (QED) is 0.750. The van der Waals surface area contributed by atoms with Crippen LogP contribution in [0.5, 0.6) is 17.2 Å². The van der Waals surface area contributed by atoms with Gasteiger partial charge in [-0.1, -0.05) is 12.1 Å². The third kappa shape index (κ3) is 3.63. The summed E-state index contributed by atoms with van der Waals surface area (Å²) >= 11 is 6.92. The number of rotatable bonds is 5. The summed E-state index contributed by atoms with van der Waals surface area (Å²) in [6.07, 6.45) is 0. The van der Waals surface area contributed by atoms with E-state index >= 15 is 0 Å². The standard InChI is InChI=1S/C15H15Br2NO3/c1-20-13-5-3-4-9(15(13)19)8-18-12-7-14(21-2)11(17)6-10(12)16/h3-7,18-19H,8H2,1-2H3. The van der Waals surface area contributed by atoms with Crippen LogP contribution in [0.3, 0.4) is 0 Å². The molecule has 2 N–H and O–H groups in total. The van der Waals surface area contributed by atoms with E-state index in [-0.39, 0.29) is 5.75 Å². The van der Waals surface area contributed by atoms with E-state index in [0.29, 0.717) is 12.3 Å². The first-order chi connectivity index (χ1) is 10.1. The van der Waals surface area contributed by atoms with Crippen molar-refractivity contribution in [2.24, 2.45) is 0 Å². The van der Waals surface area contributed by atoms with E-state index in [4.69, 9.17) is 9.47 Å². The Bertz CT molecular complexity index is 647. The molecule has 0 fully saturated rings. The number of nitrogens with one attached hydrogen (secondary N) is 1. The molecule has 0 unspecified atom stereocenters. The van der Waals surface area contributed by atoms with E-state index in [1.54, 1.807) is 13.2 Å². The second-order valence-corrected chi connectivity index (χ2v) is 6.00. The fraction of sp³-hybridized carbons (Fsp3) is 0.200. The summed E-state index contributed by atoms with van der Waals surface area (Å²) in [6, 6.07) is 9.19. The minimum Gasteiger partial charge on any atom is -0.504 e. The second kappa shape index (κ2) is 7.04. The van der Waals surface area contributed by atoms with Gasteiger partial charge in [-0.25, -0.2) is 0 Å². The number of benzene rings is 2. The third-order valence-corrected chi connectivity index (χ3v) is 4.29. The molecule has 0 aliphatic rings. The maximum absolute atomic E-state index is 10.1. The number of anilines is 1. The Balaban J connectivity index is 2.20. The Morgan fingerprint density at radius 2 is 1.76 bits per heavy atom. The SMILES string of the molecule is COc1cc(NCc2cccc(OC)c2O)c(Br)cc1Br. The summed E-state index contributed by atoms with van der Waals surface area (Å²) in [4.78, 5) is 0. The molecule has 2 aromatic carbocycles. The predicted octanol–water partition coefficient (Wildman–Crippen LogP) is 4.55. The van der Waals surface area contributed by atoms with Crippen LogP contribution in [0.1, 0.15) is 5.56 Å². The molecule has 0 spiro atoms. The summed E-state index contributed by atoms with van der Waals surface area (Å²) < 4.78 is 12.1. The Kier molecular flexibility index (Phi) is 5.36. The van der Waals surface area contributed by atoms with Gasteiger partial charge in [0.2, 0.25) is 0 Å². The number of methoxy groups -OCH3 is 2. The van der Waals surface area contributed by atoms with Crippen molar-refractivity contribution < 1.29 is 14.6 Å². The third-order valence-electron chi connectivity index (χ3n) is 3.01. The molecule has 0 saturated carbocycles. The van der Waals surface area contributed by atoms with Gasteiger partial charge in [0.15, 0.2) is 11.5 Å². The van der Waals surface area contributed by atoms with Crippen LogP contribution in [0, 0.1) is 0 Å². The van der Waals surface area contributed by atoms with Gasteiger partial charge in [-0.15, -0.1) is 0 Å². The van der Waals surface area contributed by atoms with Gasteiger partial charge in [-0.05, 0) is 44.0 Å². The Labute approximate surface area is 140 Å². The first kappa shape index (κ1) is 16.0. The molecule has 0 heterocycles. The predicted molar refractivity (Wildman–Crippen MR) is 90.4 cm³/mol. The van der Waals surface area contributed by atoms with Crippen molar-refractivity contribution in [1.29, 1.82) is 0 Å². The molecule has 0 radical (unpaired) electrons. The molecule has 2 aromatic rings. The molecule has 0 aromatic heterocycles. The lowest BCUT2D eigenvalue weighted by molar-refractivity contribution is 0.371. The Morgan fingerprint density at radius 1 is 1.05 bits per heavy atom. The van der Waals surface area contributed by atoms with Crippen LogP contribution in [0.4, 0.5) is 5.69 Å². The molecule has 112 valence electrons. The monoisotopic (exact) mass is 415 g/mol. The van der Waals surface area contributed by atoms with Crippen molar-refractivity contribution in [3.8, 4) is 17.2 Å². The molecular weight excluding hydrogens is 402 g/mol. The minimum atomic E-state index is 0.146. The van der Waals surface area contributed by atoms with E-state index in [0.717, 1.165) is 25.9 Å². The summed E-state index contributed by atoms with van der Waals surface area (Å²) in [5.74, 6) is 1.34. The number of halogens is 2. The highest BCUT2D eigenvalue weighted by molar-refractivity contribution is 9.11. The molecule has 0 bridgehead atoms. The lowest BCUT2D eigenvalue weighted by Gasteiger charge is -2.13. The van der Waals surface area contributed by atoms with Gasteiger partial charge in [-0.3, -0.25) is 0 Å². The summed E-state index contributed by atoms with van der Waals surface area (Å²) in [5, 5.41) is 13.3. The van der Waals surface area contributed by atoms with Crippen molar-refractivity contribution >= 4 is 37.5 Å². The summed E-state index contributed by atoms with van der Waals surface area (Å²) in [5.41, 5.74) is 1.63. The fourth-order valence-electron chi connectivity index (χ4n) is 1.89. The molecule has 0 aliphatic carbocycles. The zero-order chi connectivity index (χ0) is 15.4. The lowest BCUT2D eigenvalue weighted by atomic mass is 10.2. The first-order valence-corrected chi connectivity index (χ1v) is 7.77. The second-order valence-electron chi connectivity index (χ2n) is 4.29. The van der Waals surface area contributed by atoms with Crippen molar-refractivity contribution in [3.05, 3.63) is 44.8 Å². The topological polar surface area (TPSA) is 50.7 Å². The maximum atomic E-state index is 10.1. The molecule has 6 heteroatoms. The smallest absolute Gasteiger partial charge is 0.162 e. The summed E-state index contributed by atoms with van der Waals surface area (Å²) in [6.45, 7) is 0.465. The van der Waals surface area contributed by atoms with Crippen molar-refractivity contribution in [3.63, 3.8) is 0 Å². The maximum Gasteiger partial charge on any atom is 0.162 e. The normalized spacial score (nSPS) is 10.3. The van der Waals surface area contributed by atoms with Crippen LogP contribution >= 0.6 is 31.9 Å². The molecule has 4 nitrogen and oxygen atoms in total. The van der Waals surface area contributed by atoms with Crippen LogP contribution in [0.25, 0.3) is 0 Å². The van der Waals surface area contributed by atoms with E-state index in [2.05, 4.69) is 37.2 Å². The van der Waals surface area contributed by atoms with Gasteiger partial charge >= 0.3 is 0 Å². The van der Waals surface area contributed by atoms with Gasteiger partial charge in [0.1, 0.15) is 5.75 Å². The number of para-hydroxylation sites is 1. The summed E-state index contributed by atoms with van der Waals surface area (Å²) in [7, 11) is 3.15. The van der Waals surface area contributed by atoms with Crippen LogP contribution in [0.2, 0.25) is 0 Å². The fourth-order valence-corrected chi connectivity index (χ4v) is 3.18. The zero-order valence-electron chi connectivity index (χ0n) is 11.6. The van der Waals surface area contributed by atoms with Gasteiger partial charge < -0.3 is 19.9 Å².